The molecule has 126 valence electrons. The van der Waals surface area contributed by atoms with Crippen LogP contribution in [0, 0.1) is 11.8 Å². The summed E-state index contributed by atoms with van der Waals surface area (Å²) >= 11 is 0. The quantitative estimate of drug-likeness (QED) is 0.848. The number of halogens is 3. The number of nitrogens with zero attached hydrogens (tertiary/aromatic N) is 1. The standard InChI is InChI=1S/C16H25F3N2O/c1-21-9-6-11(10-15(21)7-8-15)14(22)20-13-4-2-12(3-5-13)16(17,18)19/h11-13H,2-10H2,1H3,(H,20,22). The van der Waals surface area contributed by atoms with Crippen molar-refractivity contribution in [2.45, 2.75) is 69.1 Å². The van der Waals surface area contributed by atoms with Crippen molar-refractivity contribution in [3.05, 3.63) is 0 Å². The number of carbonyl (C=O) groups is 1. The Labute approximate surface area is 129 Å². The fourth-order valence-corrected chi connectivity index (χ4v) is 4.14. The summed E-state index contributed by atoms with van der Waals surface area (Å²) < 4.78 is 38.0. The predicted octanol–water partition coefficient (Wildman–Crippen LogP) is 3.10. The average Bonchev–Trinajstić information content (AvgIpc) is 3.22. The highest BCUT2D eigenvalue weighted by Crippen LogP contribution is 2.49. The first-order valence-corrected chi connectivity index (χ1v) is 8.38. The number of alkyl halides is 3. The average molecular weight is 318 g/mol. The Morgan fingerprint density at radius 3 is 2.32 bits per heavy atom. The smallest absolute Gasteiger partial charge is 0.353 e. The molecular formula is C16H25F3N2O. The van der Waals surface area contributed by atoms with Gasteiger partial charge in [-0.25, -0.2) is 0 Å². The van der Waals surface area contributed by atoms with E-state index in [0.29, 0.717) is 12.8 Å². The van der Waals surface area contributed by atoms with Crippen LogP contribution >= 0.6 is 0 Å². The SMILES string of the molecule is CN1CCC(C(=O)NC2CCC(C(F)(F)F)CC2)CC12CC2. The molecule has 1 aliphatic heterocycles. The summed E-state index contributed by atoms with van der Waals surface area (Å²) in [5, 5.41) is 3.02. The van der Waals surface area contributed by atoms with Crippen LogP contribution in [0.25, 0.3) is 0 Å². The third-order valence-corrected chi connectivity index (χ3v) is 5.98. The van der Waals surface area contributed by atoms with Gasteiger partial charge in [0.2, 0.25) is 5.91 Å². The molecule has 3 rings (SSSR count). The summed E-state index contributed by atoms with van der Waals surface area (Å²) in [6.45, 7) is 0.943. The zero-order valence-corrected chi connectivity index (χ0v) is 13.1. The third-order valence-electron chi connectivity index (χ3n) is 5.98. The minimum Gasteiger partial charge on any atom is -0.353 e. The zero-order chi connectivity index (χ0) is 16.0. The lowest BCUT2D eigenvalue weighted by molar-refractivity contribution is -0.182. The number of nitrogens with one attached hydrogen (secondary N) is 1. The van der Waals surface area contributed by atoms with Crippen LogP contribution in [0.5, 0.6) is 0 Å². The molecule has 0 aromatic carbocycles. The van der Waals surface area contributed by atoms with Gasteiger partial charge in [0.15, 0.2) is 0 Å². The highest BCUT2D eigenvalue weighted by molar-refractivity contribution is 5.79. The molecule has 0 aromatic rings. The molecule has 1 saturated heterocycles. The lowest BCUT2D eigenvalue weighted by Crippen LogP contribution is -2.48. The molecule has 1 unspecified atom stereocenters. The second-order valence-corrected chi connectivity index (χ2v) is 7.43. The largest absolute Gasteiger partial charge is 0.391 e. The Kier molecular flexibility index (Phi) is 4.16. The van der Waals surface area contributed by atoms with E-state index in [1.165, 1.54) is 12.8 Å². The number of amides is 1. The van der Waals surface area contributed by atoms with E-state index in [2.05, 4.69) is 17.3 Å². The molecule has 1 spiro atoms. The second-order valence-electron chi connectivity index (χ2n) is 7.43. The first-order chi connectivity index (χ1) is 10.3. The highest BCUT2D eigenvalue weighted by Gasteiger charge is 2.51. The Morgan fingerprint density at radius 2 is 1.77 bits per heavy atom. The summed E-state index contributed by atoms with van der Waals surface area (Å²) in [6.07, 6.45) is 1.23. The highest BCUT2D eigenvalue weighted by atomic mass is 19.4. The van der Waals surface area contributed by atoms with E-state index < -0.39 is 12.1 Å². The molecule has 1 amide bonds. The van der Waals surface area contributed by atoms with Crippen molar-refractivity contribution < 1.29 is 18.0 Å². The lowest BCUT2D eigenvalue weighted by atomic mass is 9.84. The van der Waals surface area contributed by atoms with Crippen LogP contribution in [0.1, 0.15) is 51.4 Å². The third kappa shape index (κ3) is 3.26. The first-order valence-electron chi connectivity index (χ1n) is 8.38. The number of hydrogen-bond acceptors (Lipinski definition) is 2. The summed E-state index contributed by atoms with van der Waals surface area (Å²) in [4.78, 5) is 14.8. The fourth-order valence-electron chi connectivity index (χ4n) is 4.14. The van der Waals surface area contributed by atoms with Gasteiger partial charge in [0.1, 0.15) is 0 Å². The van der Waals surface area contributed by atoms with Crippen LogP contribution in [0.15, 0.2) is 0 Å². The van der Waals surface area contributed by atoms with Gasteiger partial charge in [0.25, 0.3) is 0 Å². The van der Waals surface area contributed by atoms with E-state index >= 15 is 0 Å². The van der Waals surface area contributed by atoms with Crippen LogP contribution in [0.3, 0.4) is 0 Å². The van der Waals surface area contributed by atoms with Crippen molar-refractivity contribution >= 4 is 5.91 Å². The zero-order valence-electron chi connectivity index (χ0n) is 13.1. The molecule has 0 aromatic heterocycles. The summed E-state index contributed by atoms with van der Waals surface area (Å²) in [5.41, 5.74) is 0.244. The van der Waals surface area contributed by atoms with Gasteiger partial charge in [-0.15, -0.1) is 0 Å². The lowest BCUT2D eigenvalue weighted by Gasteiger charge is -2.38. The van der Waals surface area contributed by atoms with Gasteiger partial charge in [0.05, 0.1) is 5.92 Å². The predicted molar refractivity (Wildman–Crippen MR) is 77.3 cm³/mol. The number of carbonyl (C=O) groups excluding carboxylic acids is 1. The molecule has 6 heteroatoms. The summed E-state index contributed by atoms with van der Waals surface area (Å²) in [7, 11) is 2.12. The van der Waals surface area contributed by atoms with E-state index in [1.807, 2.05) is 0 Å². The van der Waals surface area contributed by atoms with Crippen LogP contribution in [0.4, 0.5) is 13.2 Å². The molecule has 1 N–H and O–H groups in total. The van der Waals surface area contributed by atoms with E-state index in [4.69, 9.17) is 0 Å². The van der Waals surface area contributed by atoms with E-state index in [1.54, 1.807) is 0 Å². The van der Waals surface area contributed by atoms with Crippen molar-refractivity contribution in [3.63, 3.8) is 0 Å². The number of likely N-dealkylation sites (tertiary alicyclic amines) is 1. The normalized spacial score (nSPS) is 35.4. The van der Waals surface area contributed by atoms with Crippen molar-refractivity contribution in [2.75, 3.05) is 13.6 Å². The molecule has 2 saturated carbocycles. The maximum atomic E-state index is 12.7. The van der Waals surface area contributed by atoms with Crippen LogP contribution < -0.4 is 5.32 Å². The van der Waals surface area contributed by atoms with Crippen LogP contribution in [0.2, 0.25) is 0 Å². The van der Waals surface area contributed by atoms with Crippen molar-refractivity contribution in [1.82, 2.24) is 10.2 Å². The monoisotopic (exact) mass is 318 g/mol. The topological polar surface area (TPSA) is 32.3 Å². The molecule has 0 radical (unpaired) electrons. The van der Waals surface area contributed by atoms with Gasteiger partial charge >= 0.3 is 6.18 Å². The number of piperidine rings is 1. The van der Waals surface area contributed by atoms with Crippen LogP contribution in [-0.4, -0.2) is 42.2 Å². The number of rotatable bonds is 2. The van der Waals surface area contributed by atoms with Gasteiger partial charge in [0, 0.05) is 17.5 Å². The molecule has 0 bridgehead atoms. The maximum Gasteiger partial charge on any atom is 0.391 e. The maximum absolute atomic E-state index is 12.7. The molecule has 1 heterocycles. The molecule has 3 aliphatic rings. The Bertz CT molecular complexity index is 426. The van der Waals surface area contributed by atoms with Gasteiger partial charge in [-0.05, 0) is 65.0 Å². The molecular weight excluding hydrogens is 293 g/mol. The summed E-state index contributed by atoms with van der Waals surface area (Å²) in [5.74, 6) is -1.08. The summed E-state index contributed by atoms with van der Waals surface area (Å²) in [6, 6.07) is -0.0686. The van der Waals surface area contributed by atoms with Gasteiger partial charge in [-0.3, -0.25) is 4.79 Å². The van der Waals surface area contributed by atoms with Crippen molar-refractivity contribution in [1.29, 1.82) is 0 Å². The Hall–Kier alpha value is -0.780. The minimum atomic E-state index is -4.08. The van der Waals surface area contributed by atoms with Crippen molar-refractivity contribution in [2.24, 2.45) is 11.8 Å². The molecule has 3 fully saturated rings. The Balaban J connectivity index is 1.47. The minimum absolute atomic E-state index is 0.0408. The molecule has 3 nitrogen and oxygen atoms in total. The molecule has 1 atom stereocenters. The Morgan fingerprint density at radius 1 is 1.14 bits per heavy atom. The van der Waals surface area contributed by atoms with Crippen molar-refractivity contribution in [3.8, 4) is 0 Å². The van der Waals surface area contributed by atoms with E-state index in [-0.39, 0.29) is 36.2 Å². The fraction of sp³-hybridized carbons (Fsp3) is 0.938. The van der Waals surface area contributed by atoms with E-state index in [9.17, 15) is 18.0 Å². The second kappa shape index (κ2) is 5.69. The molecule has 22 heavy (non-hydrogen) atoms. The van der Waals surface area contributed by atoms with Crippen LogP contribution in [-0.2, 0) is 4.79 Å². The first kappa shape index (κ1) is 16.1. The molecule has 2 aliphatic carbocycles. The van der Waals surface area contributed by atoms with E-state index in [0.717, 1.165) is 19.4 Å². The van der Waals surface area contributed by atoms with Gasteiger partial charge in [-0.1, -0.05) is 0 Å². The van der Waals surface area contributed by atoms with Gasteiger partial charge < -0.3 is 10.2 Å². The van der Waals surface area contributed by atoms with Gasteiger partial charge in [-0.2, -0.15) is 13.2 Å². The number of hydrogen-bond donors (Lipinski definition) is 1.